The molecule has 0 aliphatic heterocycles. The van der Waals surface area contributed by atoms with Crippen LogP contribution in [0.5, 0.6) is 0 Å². The van der Waals surface area contributed by atoms with Crippen LogP contribution >= 0.6 is 22.9 Å². The lowest BCUT2D eigenvalue weighted by atomic mass is 10.0. The highest BCUT2D eigenvalue weighted by Gasteiger charge is 2.37. The van der Waals surface area contributed by atoms with Crippen LogP contribution in [0, 0.1) is 20.8 Å². The van der Waals surface area contributed by atoms with Crippen LogP contribution in [-0.4, -0.2) is 26.9 Å². The first-order valence-corrected chi connectivity index (χ1v) is 11.3. The van der Waals surface area contributed by atoms with Gasteiger partial charge in [0, 0.05) is 21.5 Å². The van der Waals surface area contributed by atoms with E-state index in [0.29, 0.717) is 5.69 Å². The number of amides is 2. The van der Waals surface area contributed by atoms with Crippen molar-refractivity contribution in [1.29, 1.82) is 0 Å². The van der Waals surface area contributed by atoms with Gasteiger partial charge in [-0.25, -0.2) is 0 Å². The molecule has 0 aliphatic carbocycles. The van der Waals surface area contributed by atoms with Crippen molar-refractivity contribution in [3.05, 3.63) is 62.3 Å². The summed E-state index contributed by atoms with van der Waals surface area (Å²) in [7, 11) is 0. The third kappa shape index (κ3) is 4.76. The summed E-state index contributed by atoms with van der Waals surface area (Å²) in [6.07, 6.45) is 0. The molecule has 0 bridgehead atoms. The molecule has 6 nitrogen and oxygen atoms in total. The van der Waals surface area contributed by atoms with Crippen LogP contribution in [0.1, 0.15) is 58.9 Å². The number of carbonyl (C=O) groups is 2. The van der Waals surface area contributed by atoms with E-state index >= 15 is 0 Å². The van der Waals surface area contributed by atoms with Crippen molar-refractivity contribution in [2.75, 3.05) is 4.90 Å². The van der Waals surface area contributed by atoms with Crippen LogP contribution in [0.3, 0.4) is 0 Å². The van der Waals surface area contributed by atoms with E-state index in [1.54, 1.807) is 10.3 Å². The fourth-order valence-corrected chi connectivity index (χ4v) is 4.54. The van der Waals surface area contributed by atoms with E-state index in [0.717, 1.165) is 33.1 Å². The Bertz CT molecular complexity index is 1050. The Morgan fingerprint density at radius 2 is 1.80 bits per heavy atom. The third-order valence-electron chi connectivity index (χ3n) is 4.72. The minimum Gasteiger partial charge on any atom is -0.349 e. The van der Waals surface area contributed by atoms with Crippen molar-refractivity contribution >= 4 is 40.4 Å². The summed E-state index contributed by atoms with van der Waals surface area (Å²) >= 11 is 2.58. The number of nitrogens with one attached hydrogen (secondary N) is 1. The molecule has 0 saturated carbocycles. The van der Waals surface area contributed by atoms with Gasteiger partial charge in [0.15, 0.2) is 11.7 Å². The summed E-state index contributed by atoms with van der Waals surface area (Å²) in [5, 5.41) is 10.6. The van der Waals surface area contributed by atoms with E-state index in [4.69, 9.17) is 0 Å². The molecule has 1 aromatic carbocycles. The molecule has 1 N–H and O–H groups in total. The number of anilines is 1. The molecule has 2 aromatic heterocycles. The van der Waals surface area contributed by atoms with Gasteiger partial charge in [0.05, 0.1) is 0 Å². The standard InChI is InChI=1S/C22H26N4O2S2/c1-13-7-8-16(11-15(13)3)26(21(28)17-12-30-25-24-17)18(19-14(2)9-10-29-19)20(27)23-22(4,5)6/h7-12,18H,1-6H3,(H,23,27)/t18-/m1/s1. The number of thiophene rings is 1. The number of benzene rings is 1. The Morgan fingerprint density at radius 1 is 1.07 bits per heavy atom. The lowest BCUT2D eigenvalue weighted by molar-refractivity contribution is -0.123. The van der Waals surface area contributed by atoms with E-state index in [1.165, 1.54) is 11.3 Å². The quantitative estimate of drug-likeness (QED) is 0.614. The van der Waals surface area contributed by atoms with Gasteiger partial charge in [-0.05, 0) is 93.3 Å². The SMILES string of the molecule is Cc1ccc(N(C(=O)c2csnn2)[C@@H](C(=O)NC(C)(C)C)c2sccc2C)cc1C. The molecule has 30 heavy (non-hydrogen) atoms. The maximum atomic E-state index is 13.6. The van der Waals surface area contributed by atoms with Crippen LogP contribution in [0.2, 0.25) is 0 Å². The Balaban J connectivity index is 2.20. The van der Waals surface area contributed by atoms with Crippen LogP contribution in [0.15, 0.2) is 35.0 Å². The van der Waals surface area contributed by atoms with Crippen molar-refractivity contribution in [3.63, 3.8) is 0 Å². The van der Waals surface area contributed by atoms with Crippen molar-refractivity contribution in [2.45, 2.75) is 53.1 Å². The molecule has 3 rings (SSSR count). The monoisotopic (exact) mass is 442 g/mol. The molecular weight excluding hydrogens is 416 g/mol. The molecule has 0 fully saturated rings. The number of aryl methyl sites for hydroxylation is 3. The lowest BCUT2D eigenvalue weighted by Crippen LogP contribution is -2.49. The van der Waals surface area contributed by atoms with E-state index in [-0.39, 0.29) is 17.5 Å². The van der Waals surface area contributed by atoms with Crippen molar-refractivity contribution in [2.24, 2.45) is 0 Å². The molecule has 3 aromatic rings. The smallest absolute Gasteiger partial charge is 0.280 e. The maximum Gasteiger partial charge on any atom is 0.280 e. The van der Waals surface area contributed by atoms with E-state index in [1.807, 2.05) is 71.2 Å². The predicted octanol–water partition coefficient (Wildman–Crippen LogP) is 4.83. The average molecular weight is 443 g/mol. The van der Waals surface area contributed by atoms with Crippen LogP contribution < -0.4 is 10.2 Å². The fourth-order valence-electron chi connectivity index (χ4n) is 3.10. The first-order valence-electron chi connectivity index (χ1n) is 9.62. The van der Waals surface area contributed by atoms with Gasteiger partial charge in [-0.15, -0.1) is 16.4 Å². The van der Waals surface area contributed by atoms with Gasteiger partial charge in [-0.3, -0.25) is 14.5 Å². The van der Waals surface area contributed by atoms with Gasteiger partial charge in [-0.1, -0.05) is 10.6 Å². The van der Waals surface area contributed by atoms with Gasteiger partial charge in [0.2, 0.25) is 5.91 Å². The van der Waals surface area contributed by atoms with Gasteiger partial charge in [0.1, 0.15) is 0 Å². The molecule has 2 amide bonds. The minimum absolute atomic E-state index is 0.223. The van der Waals surface area contributed by atoms with Crippen molar-refractivity contribution in [3.8, 4) is 0 Å². The van der Waals surface area contributed by atoms with E-state index < -0.39 is 11.6 Å². The Hall–Kier alpha value is -2.58. The zero-order chi connectivity index (χ0) is 22.1. The first-order chi connectivity index (χ1) is 14.1. The summed E-state index contributed by atoms with van der Waals surface area (Å²) in [6, 6.07) is 6.92. The zero-order valence-corrected chi connectivity index (χ0v) is 19.6. The maximum absolute atomic E-state index is 13.6. The largest absolute Gasteiger partial charge is 0.349 e. The summed E-state index contributed by atoms with van der Waals surface area (Å²) < 4.78 is 3.84. The highest BCUT2D eigenvalue weighted by atomic mass is 32.1. The fraction of sp³-hybridized carbons (Fsp3) is 0.364. The second-order valence-corrected chi connectivity index (χ2v) is 9.90. The molecule has 158 valence electrons. The molecule has 0 aliphatic rings. The molecule has 0 unspecified atom stereocenters. The van der Waals surface area contributed by atoms with Crippen molar-refractivity contribution < 1.29 is 9.59 Å². The second kappa shape index (κ2) is 8.65. The van der Waals surface area contributed by atoms with E-state index in [2.05, 4.69) is 14.9 Å². The summed E-state index contributed by atoms with van der Waals surface area (Å²) in [5.74, 6) is -0.586. The molecule has 8 heteroatoms. The molecule has 1 atom stereocenters. The lowest BCUT2D eigenvalue weighted by Gasteiger charge is -2.33. The molecular formula is C22H26N4O2S2. The Labute approximate surface area is 185 Å². The van der Waals surface area contributed by atoms with Gasteiger partial charge >= 0.3 is 0 Å². The zero-order valence-electron chi connectivity index (χ0n) is 18.0. The summed E-state index contributed by atoms with van der Waals surface area (Å²) in [6.45, 7) is 11.7. The van der Waals surface area contributed by atoms with Gasteiger partial charge in [-0.2, -0.15) is 0 Å². The number of nitrogens with zero attached hydrogens (tertiary/aromatic N) is 3. The summed E-state index contributed by atoms with van der Waals surface area (Å²) in [5.41, 5.74) is 3.55. The highest BCUT2D eigenvalue weighted by Crippen LogP contribution is 2.35. The molecule has 0 radical (unpaired) electrons. The minimum atomic E-state index is -0.819. The molecule has 0 saturated heterocycles. The van der Waals surface area contributed by atoms with Crippen molar-refractivity contribution in [1.82, 2.24) is 14.9 Å². The van der Waals surface area contributed by atoms with Gasteiger partial charge < -0.3 is 5.32 Å². The van der Waals surface area contributed by atoms with Crippen LogP contribution in [0.4, 0.5) is 5.69 Å². The molecule has 2 heterocycles. The second-order valence-electron chi connectivity index (χ2n) is 8.34. The van der Waals surface area contributed by atoms with Crippen LogP contribution in [0.25, 0.3) is 0 Å². The average Bonchev–Trinajstić information content (AvgIpc) is 3.32. The van der Waals surface area contributed by atoms with Crippen LogP contribution in [-0.2, 0) is 4.79 Å². The Morgan fingerprint density at radius 3 is 2.33 bits per heavy atom. The number of hydrogen-bond acceptors (Lipinski definition) is 6. The number of aromatic nitrogens is 2. The third-order valence-corrected chi connectivity index (χ3v) is 6.30. The number of hydrogen-bond donors (Lipinski definition) is 1. The number of carbonyl (C=O) groups excluding carboxylic acids is 2. The number of rotatable bonds is 5. The predicted molar refractivity (Wildman–Crippen MR) is 122 cm³/mol. The summed E-state index contributed by atoms with van der Waals surface area (Å²) in [4.78, 5) is 29.5. The highest BCUT2D eigenvalue weighted by molar-refractivity contribution is 7.10. The van der Waals surface area contributed by atoms with Gasteiger partial charge in [0.25, 0.3) is 5.91 Å². The normalized spacial score (nSPS) is 12.5. The topological polar surface area (TPSA) is 75.2 Å². The molecule has 0 spiro atoms. The first kappa shape index (κ1) is 22.1. The Kier molecular flexibility index (Phi) is 6.38. The van der Waals surface area contributed by atoms with E-state index in [9.17, 15) is 9.59 Å².